The van der Waals surface area contributed by atoms with Crippen molar-refractivity contribution in [1.29, 1.82) is 0 Å². The Morgan fingerprint density at radius 3 is 2.00 bits per heavy atom. The summed E-state index contributed by atoms with van der Waals surface area (Å²) in [5.74, 6) is -5.76. The molecule has 14 nitrogen and oxygen atoms in total. The zero-order chi connectivity index (χ0) is 22.7. The first-order chi connectivity index (χ1) is 13.3. The minimum absolute atomic E-state index is 0.242. The smallest absolute Gasteiger partial charge is 0.326 e. The van der Waals surface area contributed by atoms with Gasteiger partial charge >= 0.3 is 5.97 Å². The number of primary amides is 2. The van der Waals surface area contributed by atoms with Crippen LogP contribution in [-0.2, 0) is 28.8 Å². The molecule has 0 saturated heterocycles. The van der Waals surface area contributed by atoms with E-state index in [1.165, 1.54) is 6.92 Å². The zero-order valence-corrected chi connectivity index (χ0v) is 15.7. The summed E-state index contributed by atoms with van der Waals surface area (Å²) in [6.45, 7) is 0.514. The first-order valence-corrected chi connectivity index (χ1v) is 8.45. The summed E-state index contributed by atoms with van der Waals surface area (Å²) in [6, 6.07) is -4.24. The Hall–Kier alpha value is -3.26. The topological polar surface area (TPSA) is 257 Å². The molecule has 0 aliphatic rings. The Morgan fingerprint density at radius 2 is 1.55 bits per heavy atom. The van der Waals surface area contributed by atoms with Gasteiger partial charge in [0.1, 0.15) is 12.1 Å². The number of amides is 5. The van der Waals surface area contributed by atoms with Gasteiger partial charge in [0, 0.05) is 6.42 Å². The van der Waals surface area contributed by atoms with Crippen LogP contribution in [0.2, 0.25) is 0 Å². The normalized spacial score (nSPS) is 14.6. The van der Waals surface area contributed by atoms with E-state index in [4.69, 9.17) is 22.3 Å². The van der Waals surface area contributed by atoms with Crippen LogP contribution >= 0.6 is 0 Å². The monoisotopic (exact) mass is 418 g/mol. The van der Waals surface area contributed by atoms with Gasteiger partial charge in [0.15, 0.2) is 0 Å². The lowest BCUT2D eigenvalue weighted by Gasteiger charge is -2.22. The van der Waals surface area contributed by atoms with E-state index in [1.807, 2.05) is 0 Å². The molecule has 0 aromatic heterocycles. The van der Waals surface area contributed by atoms with Gasteiger partial charge in [-0.1, -0.05) is 0 Å². The highest BCUT2D eigenvalue weighted by Crippen LogP contribution is 1.98. The van der Waals surface area contributed by atoms with E-state index >= 15 is 0 Å². The van der Waals surface area contributed by atoms with Gasteiger partial charge in [-0.2, -0.15) is 0 Å². The maximum absolute atomic E-state index is 12.1. The Kier molecular flexibility index (Phi) is 10.9. The molecular weight excluding hydrogens is 392 g/mol. The molecule has 5 amide bonds. The predicted octanol–water partition coefficient (Wildman–Crippen LogP) is -4.99. The third kappa shape index (κ3) is 10.6. The molecule has 11 N–H and O–H groups in total. The van der Waals surface area contributed by atoms with Gasteiger partial charge < -0.3 is 43.4 Å². The fourth-order valence-electron chi connectivity index (χ4n) is 2.04. The molecule has 0 aromatic carbocycles. The lowest BCUT2D eigenvalue weighted by molar-refractivity contribution is -0.142. The third-order valence-corrected chi connectivity index (χ3v) is 3.56. The first kappa shape index (κ1) is 25.7. The van der Waals surface area contributed by atoms with Crippen molar-refractivity contribution in [3.05, 3.63) is 0 Å². The van der Waals surface area contributed by atoms with Gasteiger partial charge in [-0.3, -0.25) is 24.0 Å². The summed E-state index contributed by atoms with van der Waals surface area (Å²) in [5, 5.41) is 25.0. The maximum atomic E-state index is 12.1. The number of hydrogen-bond acceptors (Lipinski definition) is 8. The van der Waals surface area contributed by atoms with Crippen molar-refractivity contribution in [2.45, 2.75) is 50.4 Å². The third-order valence-electron chi connectivity index (χ3n) is 3.56. The van der Waals surface area contributed by atoms with Gasteiger partial charge in [-0.25, -0.2) is 4.79 Å². The van der Waals surface area contributed by atoms with Crippen molar-refractivity contribution in [3.63, 3.8) is 0 Å². The minimum atomic E-state index is -1.50. The second kappa shape index (κ2) is 12.2. The molecular formula is C15H26N6O8. The molecule has 4 unspecified atom stereocenters. The van der Waals surface area contributed by atoms with Gasteiger partial charge in [0.2, 0.25) is 29.5 Å². The van der Waals surface area contributed by atoms with Crippen LogP contribution < -0.4 is 33.2 Å². The molecule has 0 bridgehead atoms. The molecule has 0 fully saturated rings. The second-order valence-electron chi connectivity index (χ2n) is 6.18. The molecule has 0 aliphatic heterocycles. The highest BCUT2D eigenvalue weighted by atomic mass is 16.4. The van der Waals surface area contributed by atoms with Crippen LogP contribution in [0.25, 0.3) is 0 Å². The number of nitrogens with two attached hydrogens (primary N) is 3. The Labute approximate surface area is 165 Å². The Morgan fingerprint density at radius 1 is 0.966 bits per heavy atom. The lowest BCUT2D eigenvalue weighted by Crippen LogP contribution is -2.57. The molecule has 0 spiro atoms. The number of hydrogen-bond donors (Lipinski definition) is 8. The van der Waals surface area contributed by atoms with Crippen LogP contribution in [-0.4, -0.2) is 76.5 Å². The highest BCUT2D eigenvalue weighted by Gasteiger charge is 2.29. The fourth-order valence-corrected chi connectivity index (χ4v) is 2.04. The summed E-state index contributed by atoms with van der Waals surface area (Å²) >= 11 is 0. The van der Waals surface area contributed by atoms with Crippen molar-refractivity contribution in [3.8, 4) is 0 Å². The number of rotatable bonds is 13. The van der Waals surface area contributed by atoms with Crippen molar-refractivity contribution in [2.24, 2.45) is 17.2 Å². The number of carbonyl (C=O) groups excluding carboxylic acids is 5. The summed E-state index contributed by atoms with van der Waals surface area (Å²) < 4.78 is 0. The lowest BCUT2D eigenvalue weighted by atomic mass is 10.1. The number of carbonyl (C=O) groups is 6. The molecule has 0 rings (SSSR count). The summed E-state index contributed by atoms with van der Waals surface area (Å²) in [7, 11) is 0. The Bertz CT molecular complexity index is 653. The van der Waals surface area contributed by atoms with E-state index < -0.39 is 72.7 Å². The van der Waals surface area contributed by atoms with Crippen molar-refractivity contribution in [1.82, 2.24) is 16.0 Å². The van der Waals surface area contributed by atoms with E-state index in [0.717, 1.165) is 0 Å². The van der Waals surface area contributed by atoms with E-state index in [-0.39, 0.29) is 12.8 Å². The van der Waals surface area contributed by atoms with Crippen LogP contribution in [0.5, 0.6) is 0 Å². The summed E-state index contributed by atoms with van der Waals surface area (Å²) in [6.07, 6.45) is -2.38. The number of aliphatic carboxylic acids is 1. The summed E-state index contributed by atoms with van der Waals surface area (Å²) in [4.78, 5) is 68.4. The number of aliphatic hydroxyl groups is 1. The zero-order valence-electron chi connectivity index (χ0n) is 15.7. The van der Waals surface area contributed by atoms with Gasteiger partial charge in [-0.15, -0.1) is 0 Å². The molecule has 4 atom stereocenters. The molecule has 0 saturated carbocycles. The fraction of sp³-hybridized carbons (Fsp3) is 0.600. The quantitative estimate of drug-likeness (QED) is 0.142. The predicted molar refractivity (Wildman–Crippen MR) is 96.4 cm³/mol. The van der Waals surface area contributed by atoms with Gasteiger partial charge in [0.25, 0.3) is 0 Å². The van der Waals surface area contributed by atoms with Crippen LogP contribution in [0.1, 0.15) is 26.2 Å². The van der Waals surface area contributed by atoms with Crippen LogP contribution in [0, 0.1) is 0 Å². The molecule has 0 aromatic rings. The number of carboxylic acid groups (broad SMARTS) is 1. The van der Waals surface area contributed by atoms with E-state index in [0.29, 0.717) is 0 Å². The molecule has 0 aliphatic carbocycles. The molecule has 14 heteroatoms. The number of aliphatic hydroxyl groups excluding tert-OH is 1. The number of nitrogens with one attached hydrogen (secondary N) is 3. The molecule has 0 heterocycles. The molecule has 164 valence electrons. The average Bonchev–Trinajstić information content (AvgIpc) is 2.59. The Balaban J connectivity index is 4.76. The maximum Gasteiger partial charge on any atom is 0.326 e. The largest absolute Gasteiger partial charge is 0.480 e. The van der Waals surface area contributed by atoms with Crippen molar-refractivity contribution < 1.29 is 39.0 Å². The van der Waals surface area contributed by atoms with E-state index in [2.05, 4.69) is 16.0 Å². The van der Waals surface area contributed by atoms with Crippen LogP contribution in [0.15, 0.2) is 0 Å². The minimum Gasteiger partial charge on any atom is -0.480 e. The molecule has 29 heavy (non-hydrogen) atoms. The van der Waals surface area contributed by atoms with Crippen molar-refractivity contribution in [2.75, 3.05) is 6.54 Å². The number of carboxylic acids is 1. The van der Waals surface area contributed by atoms with E-state index in [9.17, 15) is 33.9 Å². The van der Waals surface area contributed by atoms with Crippen molar-refractivity contribution >= 4 is 35.5 Å². The highest BCUT2D eigenvalue weighted by molar-refractivity contribution is 5.94. The standard InChI is InChI=1S/C15H26N6O8/c1-6(22)12(21-13(26)7(16)4-10(18)24)14(27)19-5-11(25)20-8(15(28)29)2-3-9(17)23/h6-8,12,22H,2-5,16H2,1H3,(H2,17,23)(H2,18,24)(H,19,27)(H,20,25)(H,21,26)(H,28,29). The second-order valence-corrected chi connectivity index (χ2v) is 6.18. The SMILES string of the molecule is CC(O)C(NC(=O)C(N)CC(N)=O)C(=O)NCC(=O)NC(CCC(N)=O)C(=O)O. The summed E-state index contributed by atoms with van der Waals surface area (Å²) in [5.41, 5.74) is 15.3. The van der Waals surface area contributed by atoms with Gasteiger partial charge in [0.05, 0.1) is 25.1 Å². The average molecular weight is 418 g/mol. The first-order valence-electron chi connectivity index (χ1n) is 8.45. The van der Waals surface area contributed by atoms with Crippen LogP contribution in [0.4, 0.5) is 0 Å². The van der Waals surface area contributed by atoms with Gasteiger partial charge in [-0.05, 0) is 13.3 Å². The van der Waals surface area contributed by atoms with Crippen LogP contribution in [0.3, 0.4) is 0 Å². The van der Waals surface area contributed by atoms with E-state index in [1.54, 1.807) is 0 Å². The molecule has 0 radical (unpaired) electrons.